The number of hydrogen-bond acceptors (Lipinski definition) is 1. The highest BCUT2D eigenvalue weighted by molar-refractivity contribution is 5.60. The van der Waals surface area contributed by atoms with Gasteiger partial charge in [0.05, 0.1) is 10.7 Å². The highest BCUT2D eigenvalue weighted by Gasteiger charge is 2.12. The van der Waals surface area contributed by atoms with Crippen molar-refractivity contribution in [1.29, 1.82) is 0 Å². The van der Waals surface area contributed by atoms with Crippen LogP contribution in [0.5, 0.6) is 0 Å². The second-order valence-corrected chi connectivity index (χ2v) is 5.83. The molecule has 0 saturated carbocycles. The molecule has 3 aromatic rings. The first-order chi connectivity index (χ1) is 11.3. The van der Waals surface area contributed by atoms with Crippen molar-refractivity contribution in [2.24, 2.45) is 0 Å². The molecular formula is C21H18N2. The first kappa shape index (κ1) is 13.8. The van der Waals surface area contributed by atoms with E-state index in [-0.39, 0.29) is 0 Å². The van der Waals surface area contributed by atoms with Crippen LogP contribution in [0.15, 0.2) is 72.3 Å². The lowest BCUT2D eigenvalue weighted by atomic mass is 10.2. The Balaban J connectivity index is 2.07. The summed E-state index contributed by atoms with van der Waals surface area (Å²) >= 11 is 0. The lowest BCUT2D eigenvalue weighted by molar-refractivity contribution is 1.02. The van der Waals surface area contributed by atoms with E-state index in [0.29, 0.717) is 0 Å². The molecule has 2 heteroatoms. The van der Waals surface area contributed by atoms with Crippen molar-refractivity contribution < 1.29 is 0 Å². The molecule has 1 aromatic heterocycles. The van der Waals surface area contributed by atoms with Crippen molar-refractivity contribution in [3.05, 3.63) is 83.0 Å². The number of rotatable bonds is 2. The molecule has 0 saturated heterocycles. The number of fused-ring (bicyclic) bond motifs is 1. The van der Waals surface area contributed by atoms with Gasteiger partial charge >= 0.3 is 0 Å². The average molecular weight is 298 g/mol. The molecule has 0 N–H and O–H groups in total. The first-order valence-corrected chi connectivity index (χ1v) is 7.90. The normalized spacial score (nSPS) is 13.3. The summed E-state index contributed by atoms with van der Waals surface area (Å²) in [5.74, 6) is 0.988. The minimum Gasteiger partial charge on any atom is -0.293 e. The van der Waals surface area contributed by atoms with Crippen molar-refractivity contribution in [3.63, 3.8) is 0 Å². The lowest BCUT2D eigenvalue weighted by Crippen LogP contribution is -2.28. The summed E-state index contributed by atoms with van der Waals surface area (Å²) in [7, 11) is 0. The molecule has 1 aliphatic carbocycles. The van der Waals surface area contributed by atoms with Crippen LogP contribution in [0.3, 0.4) is 0 Å². The van der Waals surface area contributed by atoms with Crippen LogP contribution in [0.2, 0.25) is 0 Å². The van der Waals surface area contributed by atoms with Gasteiger partial charge in [0.1, 0.15) is 5.82 Å². The molecule has 2 aromatic carbocycles. The predicted molar refractivity (Wildman–Crippen MR) is 95.6 cm³/mol. The van der Waals surface area contributed by atoms with Crippen LogP contribution in [0.25, 0.3) is 29.2 Å². The summed E-state index contributed by atoms with van der Waals surface area (Å²) in [6, 6.07) is 20.8. The molecule has 1 heterocycles. The third kappa shape index (κ3) is 2.53. The number of nitrogens with zero attached hydrogens (tertiary/aromatic N) is 2. The minimum absolute atomic E-state index is 0.955. The topological polar surface area (TPSA) is 17.8 Å². The molecular weight excluding hydrogens is 280 g/mol. The second kappa shape index (κ2) is 5.73. The fourth-order valence-corrected chi connectivity index (χ4v) is 2.93. The lowest BCUT2D eigenvalue weighted by Gasteiger charge is -2.08. The van der Waals surface area contributed by atoms with Gasteiger partial charge < -0.3 is 0 Å². The van der Waals surface area contributed by atoms with E-state index in [0.717, 1.165) is 28.8 Å². The SMILES string of the molecule is CC1=CC=c2nc(-c3ccccc3)n(-c3ccccc3)c2=CC1. The van der Waals surface area contributed by atoms with E-state index in [9.17, 15) is 0 Å². The third-order valence-electron chi connectivity index (χ3n) is 4.13. The van der Waals surface area contributed by atoms with Crippen LogP contribution in [0.1, 0.15) is 13.3 Å². The molecule has 0 amide bonds. The zero-order valence-electron chi connectivity index (χ0n) is 13.1. The minimum atomic E-state index is 0.955. The molecule has 0 fully saturated rings. The van der Waals surface area contributed by atoms with Gasteiger partial charge in [-0.05, 0) is 31.6 Å². The number of allylic oxidation sites excluding steroid dienone is 2. The second-order valence-electron chi connectivity index (χ2n) is 5.83. The fourth-order valence-electron chi connectivity index (χ4n) is 2.93. The number of imidazole rings is 1. The smallest absolute Gasteiger partial charge is 0.145 e. The summed E-state index contributed by atoms with van der Waals surface area (Å²) in [5, 5.41) is 2.20. The molecule has 0 aliphatic heterocycles. The van der Waals surface area contributed by atoms with Gasteiger partial charge in [0.15, 0.2) is 0 Å². The van der Waals surface area contributed by atoms with Gasteiger partial charge in [-0.1, -0.05) is 66.3 Å². The van der Waals surface area contributed by atoms with Crippen LogP contribution in [0, 0.1) is 0 Å². The number of benzene rings is 2. The van der Waals surface area contributed by atoms with Crippen molar-refractivity contribution in [2.75, 3.05) is 0 Å². The van der Waals surface area contributed by atoms with E-state index in [4.69, 9.17) is 4.98 Å². The summed E-state index contributed by atoms with van der Waals surface area (Å²) in [4.78, 5) is 4.92. The predicted octanol–water partition coefficient (Wildman–Crippen LogP) is 3.45. The van der Waals surface area contributed by atoms with E-state index in [2.05, 4.69) is 78.2 Å². The molecule has 112 valence electrons. The van der Waals surface area contributed by atoms with Gasteiger partial charge in [0.2, 0.25) is 0 Å². The Labute approximate surface area is 135 Å². The summed E-state index contributed by atoms with van der Waals surface area (Å²) in [6.45, 7) is 2.16. The van der Waals surface area contributed by atoms with E-state index < -0.39 is 0 Å². The van der Waals surface area contributed by atoms with Gasteiger partial charge in [0.25, 0.3) is 0 Å². The Hall–Kier alpha value is -2.87. The van der Waals surface area contributed by atoms with Gasteiger partial charge in [0, 0.05) is 11.3 Å². The largest absolute Gasteiger partial charge is 0.293 e. The molecule has 0 unspecified atom stereocenters. The standard InChI is InChI=1S/C21H18N2/c1-16-12-14-19-20(15-13-16)23(18-10-6-3-7-11-18)21(22-19)17-8-4-2-5-9-17/h2-12,14-15H,13H2,1H3. The van der Waals surface area contributed by atoms with Crippen LogP contribution >= 0.6 is 0 Å². The van der Waals surface area contributed by atoms with Crippen molar-refractivity contribution in [3.8, 4) is 17.1 Å². The monoisotopic (exact) mass is 298 g/mol. The molecule has 0 radical (unpaired) electrons. The molecule has 0 atom stereocenters. The van der Waals surface area contributed by atoms with Gasteiger partial charge in [-0.15, -0.1) is 0 Å². The van der Waals surface area contributed by atoms with Crippen molar-refractivity contribution in [2.45, 2.75) is 13.3 Å². The number of aromatic nitrogens is 2. The fraction of sp³-hybridized carbons (Fsp3) is 0.0952. The maximum absolute atomic E-state index is 4.92. The molecule has 2 nitrogen and oxygen atoms in total. The Kier molecular flexibility index (Phi) is 3.43. The van der Waals surface area contributed by atoms with Crippen LogP contribution in [0.4, 0.5) is 0 Å². The highest BCUT2D eigenvalue weighted by atomic mass is 15.1. The maximum Gasteiger partial charge on any atom is 0.145 e. The Bertz CT molecular complexity index is 978. The summed E-state index contributed by atoms with van der Waals surface area (Å²) < 4.78 is 2.26. The quantitative estimate of drug-likeness (QED) is 0.708. The zero-order chi connectivity index (χ0) is 15.6. The third-order valence-corrected chi connectivity index (χ3v) is 4.13. The molecule has 23 heavy (non-hydrogen) atoms. The maximum atomic E-state index is 4.92. The molecule has 0 bridgehead atoms. The summed E-state index contributed by atoms with van der Waals surface area (Å²) in [5.41, 5.74) is 3.63. The van der Waals surface area contributed by atoms with Gasteiger partial charge in [-0.3, -0.25) is 4.57 Å². The van der Waals surface area contributed by atoms with E-state index in [1.54, 1.807) is 0 Å². The van der Waals surface area contributed by atoms with Gasteiger partial charge in [-0.25, -0.2) is 4.98 Å². The van der Waals surface area contributed by atoms with Crippen LogP contribution in [-0.4, -0.2) is 9.55 Å². The Morgan fingerprint density at radius 3 is 2.30 bits per heavy atom. The van der Waals surface area contributed by atoms with E-state index >= 15 is 0 Å². The van der Waals surface area contributed by atoms with Gasteiger partial charge in [-0.2, -0.15) is 0 Å². The molecule has 0 spiro atoms. The van der Waals surface area contributed by atoms with E-state index in [1.807, 2.05) is 12.1 Å². The molecule has 4 rings (SSSR count). The Morgan fingerprint density at radius 1 is 0.870 bits per heavy atom. The first-order valence-electron chi connectivity index (χ1n) is 7.90. The Morgan fingerprint density at radius 2 is 1.57 bits per heavy atom. The zero-order valence-corrected chi connectivity index (χ0v) is 13.1. The number of para-hydroxylation sites is 1. The summed E-state index contributed by atoms with van der Waals surface area (Å²) in [6.07, 6.45) is 7.52. The average Bonchev–Trinajstić information content (AvgIpc) is 2.88. The van der Waals surface area contributed by atoms with Crippen LogP contribution in [-0.2, 0) is 0 Å². The van der Waals surface area contributed by atoms with Crippen molar-refractivity contribution in [1.82, 2.24) is 9.55 Å². The highest BCUT2D eigenvalue weighted by Crippen LogP contribution is 2.18. The van der Waals surface area contributed by atoms with Crippen LogP contribution < -0.4 is 10.7 Å². The van der Waals surface area contributed by atoms with Crippen molar-refractivity contribution >= 4 is 12.2 Å². The molecule has 1 aliphatic rings. The van der Waals surface area contributed by atoms with E-state index in [1.165, 1.54) is 10.9 Å². The number of hydrogen-bond donors (Lipinski definition) is 0.